The van der Waals surface area contributed by atoms with Crippen LogP contribution in [0.25, 0.3) is 0 Å². The molecule has 0 aromatic heterocycles. The first kappa shape index (κ1) is 13.0. The lowest BCUT2D eigenvalue weighted by Crippen LogP contribution is -2.47. The first-order chi connectivity index (χ1) is 7.91. The van der Waals surface area contributed by atoms with Crippen molar-refractivity contribution in [3.05, 3.63) is 29.8 Å². The van der Waals surface area contributed by atoms with Gasteiger partial charge in [-0.2, -0.15) is 0 Å². The number of hydrogen-bond acceptors (Lipinski definition) is 3. The van der Waals surface area contributed by atoms with Crippen LogP contribution >= 0.6 is 0 Å². The third-order valence-corrected chi connectivity index (χ3v) is 2.43. The molecule has 5 N–H and O–H groups in total. The van der Waals surface area contributed by atoms with E-state index in [1.165, 1.54) is 0 Å². The van der Waals surface area contributed by atoms with E-state index in [1.54, 1.807) is 24.3 Å². The second-order valence-electron chi connectivity index (χ2n) is 4.22. The third-order valence-electron chi connectivity index (χ3n) is 2.43. The molecule has 1 atom stereocenters. The summed E-state index contributed by atoms with van der Waals surface area (Å²) in [6, 6.07) is 5.79. The van der Waals surface area contributed by atoms with Crippen molar-refractivity contribution in [1.82, 2.24) is 5.32 Å². The van der Waals surface area contributed by atoms with Gasteiger partial charge in [0.2, 0.25) is 5.91 Å². The number of primary amides is 1. The molecule has 0 saturated heterocycles. The Bertz CT molecular complexity index is 412. The van der Waals surface area contributed by atoms with Crippen LogP contribution in [0.15, 0.2) is 24.3 Å². The molecular formula is C12H17N3O2. The Morgan fingerprint density at radius 1 is 1.18 bits per heavy atom. The second-order valence-corrected chi connectivity index (χ2v) is 4.22. The van der Waals surface area contributed by atoms with E-state index in [9.17, 15) is 9.59 Å². The highest BCUT2D eigenvalue weighted by Gasteiger charge is 2.21. The molecule has 5 nitrogen and oxygen atoms in total. The van der Waals surface area contributed by atoms with Crippen LogP contribution in [0, 0.1) is 5.92 Å². The minimum Gasteiger partial charge on any atom is -0.399 e. The fourth-order valence-electron chi connectivity index (χ4n) is 1.43. The van der Waals surface area contributed by atoms with E-state index in [0.717, 1.165) is 0 Å². The quantitative estimate of drug-likeness (QED) is 0.663. The molecule has 92 valence electrons. The molecule has 0 spiro atoms. The molecule has 0 fully saturated rings. The predicted molar refractivity (Wildman–Crippen MR) is 66.1 cm³/mol. The van der Waals surface area contributed by atoms with Gasteiger partial charge in [0.05, 0.1) is 0 Å². The van der Waals surface area contributed by atoms with Gasteiger partial charge in [-0.15, -0.1) is 0 Å². The van der Waals surface area contributed by atoms with Crippen molar-refractivity contribution in [3.63, 3.8) is 0 Å². The number of hydrogen-bond donors (Lipinski definition) is 3. The Labute approximate surface area is 100 Å². The highest BCUT2D eigenvalue weighted by atomic mass is 16.2. The average molecular weight is 235 g/mol. The average Bonchev–Trinajstić information content (AvgIpc) is 2.25. The van der Waals surface area contributed by atoms with E-state index >= 15 is 0 Å². The van der Waals surface area contributed by atoms with Crippen LogP contribution in [0.1, 0.15) is 24.2 Å². The largest absolute Gasteiger partial charge is 0.399 e. The maximum atomic E-state index is 11.8. The maximum absolute atomic E-state index is 11.8. The molecule has 0 radical (unpaired) electrons. The topological polar surface area (TPSA) is 98.2 Å². The highest BCUT2D eigenvalue weighted by molar-refractivity contribution is 5.97. The molecule has 2 amide bonds. The fraction of sp³-hybridized carbons (Fsp3) is 0.333. The molecule has 1 rings (SSSR count). The van der Waals surface area contributed by atoms with Crippen LogP contribution in [0.5, 0.6) is 0 Å². The maximum Gasteiger partial charge on any atom is 0.251 e. The summed E-state index contributed by atoms with van der Waals surface area (Å²) in [5.41, 5.74) is 11.8. The highest BCUT2D eigenvalue weighted by Crippen LogP contribution is 2.07. The molecule has 0 saturated carbocycles. The van der Waals surface area contributed by atoms with E-state index < -0.39 is 11.9 Å². The molecule has 0 bridgehead atoms. The Balaban J connectivity index is 2.77. The Morgan fingerprint density at radius 3 is 2.12 bits per heavy atom. The Kier molecular flexibility index (Phi) is 4.09. The summed E-state index contributed by atoms with van der Waals surface area (Å²) >= 11 is 0. The lowest BCUT2D eigenvalue weighted by Gasteiger charge is -2.18. The molecule has 0 aliphatic heterocycles. The van der Waals surface area contributed by atoms with Gasteiger partial charge >= 0.3 is 0 Å². The zero-order valence-electron chi connectivity index (χ0n) is 9.94. The number of nitrogen functional groups attached to an aromatic ring is 1. The van der Waals surface area contributed by atoms with Gasteiger partial charge in [0.15, 0.2) is 0 Å². The standard InChI is InChI=1S/C12H17N3O2/c1-7(2)10(11(14)16)15-12(17)8-3-5-9(13)6-4-8/h3-7,10H,13H2,1-2H3,(H2,14,16)(H,15,17). The molecule has 0 heterocycles. The van der Waals surface area contributed by atoms with Crippen LogP contribution in [0.3, 0.4) is 0 Å². The monoisotopic (exact) mass is 235 g/mol. The van der Waals surface area contributed by atoms with Gasteiger partial charge < -0.3 is 16.8 Å². The van der Waals surface area contributed by atoms with E-state index in [4.69, 9.17) is 11.5 Å². The molecule has 17 heavy (non-hydrogen) atoms. The van der Waals surface area contributed by atoms with Crippen LogP contribution < -0.4 is 16.8 Å². The van der Waals surface area contributed by atoms with E-state index in [1.807, 2.05) is 13.8 Å². The van der Waals surface area contributed by atoms with E-state index in [0.29, 0.717) is 11.3 Å². The number of nitrogens with one attached hydrogen (secondary N) is 1. The van der Waals surface area contributed by atoms with Gasteiger partial charge in [-0.1, -0.05) is 13.8 Å². The molecular weight excluding hydrogens is 218 g/mol. The number of anilines is 1. The molecule has 1 aromatic carbocycles. The minimum atomic E-state index is -0.667. The van der Waals surface area contributed by atoms with Gasteiger partial charge in [0, 0.05) is 11.3 Å². The smallest absolute Gasteiger partial charge is 0.251 e. The van der Waals surface area contributed by atoms with E-state index in [2.05, 4.69) is 5.32 Å². The van der Waals surface area contributed by atoms with Gasteiger partial charge in [0.25, 0.3) is 5.91 Å². The summed E-state index contributed by atoms with van der Waals surface area (Å²) in [5.74, 6) is -0.920. The van der Waals surface area contributed by atoms with Crippen molar-refractivity contribution in [2.75, 3.05) is 5.73 Å². The lowest BCUT2D eigenvalue weighted by molar-refractivity contribution is -0.120. The summed E-state index contributed by atoms with van der Waals surface area (Å²) in [6.07, 6.45) is 0. The zero-order valence-corrected chi connectivity index (χ0v) is 9.94. The molecule has 0 aliphatic rings. The van der Waals surface area contributed by atoms with Crippen LogP contribution in [-0.2, 0) is 4.79 Å². The normalized spacial score (nSPS) is 12.2. The summed E-state index contributed by atoms with van der Waals surface area (Å²) in [4.78, 5) is 23.0. The molecule has 1 unspecified atom stereocenters. The van der Waals surface area contributed by atoms with Gasteiger partial charge in [0.1, 0.15) is 6.04 Å². The van der Waals surface area contributed by atoms with Gasteiger partial charge in [-0.3, -0.25) is 9.59 Å². The molecule has 0 aliphatic carbocycles. The number of nitrogens with two attached hydrogens (primary N) is 2. The number of carbonyl (C=O) groups excluding carboxylic acids is 2. The van der Waals surface area contributed by atoms with Gasteiger partial charge in [-0.25, -0.2) is 0 Å². The van der Waals surface area contributed by atoms with Crippen LogP contribution in [-0.4, -0.2) is 17.9 Å². The summed E-state index contributed by atoms with van der Waals surface area (Å²) in [5, 5.41) is 2.60. The molecule has 5 heteroatoms. The SMILES string of the molecule is CC(C)C(NC(=O)c1ccc(N)cc1)C(N)=O. The van der Waals surface area contributed by atoms with Crippen molar-refractivity contribution >= 4 is 17.5 Å². The third kappa shape index (κ3) is 3.48. The predicted octanol–water partition coefficient (Wildman–Crippen LogP) is 0.508. The zero-order chi connectivity index (χ0) is 13.0. The van der Waals surface area contributed by atoms with Gasteiger partial charge in [-0.05, 0) is 30.2 Å². The van der Waals surface area contributed by atoms with Crippen molar-refractivity contribution in [2.45, 2.75) is 19.9 Å². The summed E-state index contributed by atoms with van der Waals surface area (Å²) < 4.78 is 0. The van der Waals surface area contributed by atoms with E-state index in [-0.39, 0.29) is 11.8 Å². The van der Waals surface area contributed by atoms with Crippen LogP contribution in [0.2, 0.25) is 0 Å². The lowest BCUT2D eigenvalue weighted by atomic mass is 10.0. The minimum absolute atomic E-state index is 0.0507. The number of benzene rings is 1. The number of amides is 2. The Morgan fingerprint density at radius 2 is 1.71 bits per heavy atom. The van der Waals surface area contributed by atoms with Crippen LogP contribution in [0.4, 0.5) is 5.69 Å². The second kappa shape index (κ2) is 5.34. The van der Waals surface area contributed by atoms with Crippen molar-refractivity contribution in [2.24, 2.45) is 11.7 Å². The van der Waals surface area contributed by atoms with Crippen molar-refractivity contribution in [3.8, 4) is 0 Å². The van der Waals surface area contributed by atoms with Crippen molar-refractivity contribution in [1.29, 1.82) is 0 Å². The number of rotatable bonds is 4. The first-order valence-corrected chi connectivity index (χ1v) is 5.37. The number of carbonyl (C=O) groups is 2. The Hall–Kier alpha value is -2.04. The first-order valence-electron chi connectivity index (χ1n) is 5.37. The summed E-state index contributed by atoms with van der Waals surface area (Å²) in [7, 11) is 0. The fourth-order valence-corrected chi connectivity index (χ4v) is 1.43. The van der Waals surface area contributed by atoms with Crippen molar-refractivity contribution < 1.29 is 9.59 Å². The summed E-state index contributed by atoms with van der Waals surface area (Å²) in [6.45, 7) is 3.64. The molecule has 1 aromatic rings.